The number of pyridine rings is 3. The first kappa shape index (κ1) is 25.8. The average molecular weight is 614 g/mol. The second-order valence-corrected chi connectivity index (χ2v) is 12.8. The molecule has 0 unspecified atom stereocenters. The Morgan fingerprint density at radius 1 is 0.479 bits per heavy atom. The van der Waals surface area contributed by atoms with Crippen molar-refractivity contribution in [1.82, 2.24) is 23.8 Å². The van der Waals surface area contributed by atoms with Crippen LogP contribution < -0.4 is 0 Å². The standard InChI is InChI=1S/C43H27N5/c1-3-11-32-30(9-1)34-22-26(17-19-38(34)47-40-15-7-5-13-36(40)45-42(32)47)28-21-29(25-44-24-28)27-18-20-39-35(23-27)31-10-2-4-12-33(31)43-46-37-14-6-8-16-41(37)48(39)43/h1-5,7-13,15-25H,6,14H2. The van der Waals surface area contributed by atoms with E-state index in [4.69, 9.17) is 15.0 Å². The van der Waals surface area contributed by atoms with E-state index in [2.05, 4.69) is 136 Å². The molecular formula is C43H27N5. The molecule has 0 bridgehead atoms. The predicted octanol–water partition coefficient (Wildman–Crippen LogP) is 10.4. The Kier molecular flexibility index (Phi) is 5.16. The van der Waals surface area contributed by atoms with Crippen molar-refractivity contribution in [2.24, 2.45) is 0 Å². The molecule has 5 nitrogen and oxygen atoms in total. The first-order valence-electron chi connectivity index (χ1n) is 16.5. The topological polar surface area (TPSA) is 47.5 Å². The van der Waals surface area contributed by atoms with Crippen LogP contribution in [0.25, 0.3) is 94.0 Å². The molecule has 0 saturated heterocycles. The number of hydrogen-bond acceptors (Lipinski definition) is 3. The highest BCUT2D eigenvalue weighted by Gasteiger charge is 2.19. The van der Waals surface area contributed by atoms with E-state index in [1.54, 1.807) is 0 Å². The number of rotatable bonds is 2. The zero-order valence-electron chi connectivity index (χ0n) is 25.9. The molecule has 5 aromatic heterocycles. The molecule has 0 amide bonds. The van der Waals surface area contributed by atoms with Gasteiger partial charge < -0.3 is 0 Å². The van der Waals surface area contributed by atoms with Crippen LogP contribution in [-0.4, -0.2) is 23.8 Å². The zero-order chi connectivity index (χ0) is 31.3. The average Bonchev–Trinajstić information content (AvgIpc) is 3.75. The van der Waals surface area contributed by atoms with Crippen LogP contribution in [0, 0.1) is 0 Å². The lowest BCUT2D eigenvalue weighted by molar-refractivity contribution is 0.943. The smallest absolute Gasteiger partial charge is 0.146 e. The molecule has 224 valence electrons. The van der Waals surface area contributed by atoms with Gasteiger partial charge in [0.15, 0.2) is 0 Å². The van der Waals surface area contributed by atoms with Crippen LogP contribution >= 0.6 is 0 Å². The summed E-state index contributed by atoms with van der Waals surface area (Å²) in [4.78, 5) is 14.9. The van der Waals surface area contributed by atoms with E-state index in [0.717, 1.165) is 68.3 Å². The van der Waals surface area contributed by atoms with Crippen molar-refractivity contribution in [2.75, 3.05) is 0 Å². The molecule has 0 radical (unpaired) electrons. The summed E-state index contributed by atoms with van der Waals surface area (Å²) < 4.78 is 4.65. The Morgan fingerprint density at radius 3 is 1.79 bits per heavy atom. The van der Waals surface area contributed by atoms with Crippen LogP contribution in [0.4, 0.5) is 0 Å². The van der Waals surface area contributed by atoms with Gasteiger partial charge in [-0.2, -0.15) is 0 Å². The fraction of sp³-hybridized carbons (Fsp3) is 0.0465. The summed E-state index contributed by atoms with van der Waals surface area (Å²) in [6, 6.07) is 41.5. The van der Waals surface area contributed by atoms with Crippen LogP contribution in [0.3, 0.4) is 0 Å². The molecule has 5 heteroatoms. The van der Waals surface area contributed by atoms with E-state index in [1.807, 2.05) is 12.4 Å². The minimum Gasteiger partial charge on any atom is -0.292 e. The number of aryl methyl sites for hydroxylation is 1. The summed E-state index contributed by atoms with van der Waals surface area (Å²) in [5, 5.41) is 7.16. The van der Waals surface area contributed by atoms with Gasteiger partial charge in [0.1, 0.15) is 11.3 Å². The Balaban J connectivity index is 1.11. The predicted molar refractivity (Wildman–Crippen MR) is 197 cm³/mol. The highest BCUT2D eigenvalue weighted by molar-refractivity contribution is 6.15. The Labute approximate surface area is 275 Å². The molecule has 1 aliphatic carbocycles. The Bertz CT molecular complexity index is 3020. The Morgan fingerprint density at radius 2 is 1.08 bits per heavy atom. The van der Waals surface area contributed by atoms with Crippen molar-refractivity contribution in [1.29, 1.82) is 0 Å². The van der Waals surface area contributed by atoms with Gasteiger partial charge >= 0.3 is 0 Å². The van der Waals surface area contributed by atoms with Gasteiger partial charge in [0, 0.05) is 45.1 Å². The Hall–Kier alpha value is -6.33. The van der Waals surface area contributed by atoms with Crippen molar-refractivity contribution in [3.8, 4) is 22.3 Å². The molecule has 5 aromatic carbocycles. The molecule has 0 atom stereocenters. The maximum absolute atomic E-state index is 5.12. The summed E-state index contributed by atoms with van der Waals surface area (Å²) in [6.45, 7) is 0. The normalized spacial score (nSPS) is 13.2. The SMILES string of the molecule is C1=Cc2c(nc3c4ccccc4c4cc(-c5cncc(-c6ccc7c(c6)c6ccccc6c6nc8ccccc8n76)c5)ccc4n23)CC1. The summed E-state index contributed by atoms with van der Waals surface area (Å²) in [7, 11) is 0. The molecule has 11 rings (SSSR count). The van der Waals surface area contributed by atoms with Gasteiger partial charge in [-0.1, -0.05) is 78.9 Å². The number of benzene rings is 5. The van der Waals surface area contributed by atoms with Crippen LogP contribution in [0.15, 0.2) is 134 Å². The number of fused-ring (bicyclic) bond motifs is 16. The van der Waals surface area contributed by atoms with Crippen molar-refractivity contribution in [3.05, 3.63) is 145 Å². The van der Waals surface area contributed by atoms with Crippen molar-refractivity contribution < 1.29 is 0 Å². The van der Waals surface area contributed by atoms with Gasteiger partial charge in [-0.15, -0.1) is 0 Å². The minimum absolute atomic E-state index is 0.980. The molecule has 10 aromatic rings. The number of allylic oxidation sites excluding steroid dienone is 1. The van der Waals surface area contributed by atoms with E-state index >= 15 is 0 Å². The monoisotopic (exact) mass is 613 g/mol. The van der Waals surface area contributed by atoms with E-state index in [0.29, 0.717) is 0 Å². The largest absolute Gasteiger partial charge is 0.292 e. The van der Waals surface area contributed by atoms with Crippen LogP contribution in [0.5, 0.6) is 0 Å². The second-order valence-electron chi connectivity index (χ2n) is 12.8. The van der Waals surface area contributed by atoms with E-state index < -0.39 is 0 Å². The van der Waals surface area contributed by atoms with E-state index in [-0.39, 0.29) is 0 Å². The number of aromatic nitrogens is 5. The fourth-order valence-electron chi connectivity index (χ4n) is 7.96. The molecule has 1 aliphatic rings. The number of nitrogens with zero attached hydrogens (tertiary/aromatic N) is 5. The molecule has 48 heavy (non-hydrogen) atoms. The maximum Gasteiger partial charge on any atom is 0.146 e. The molecule has 0 saturated carbocycles. The number of para-hydroxylation sites is 2. The van der Waals surface area contributed by atoms with Crippen molar-refractivity contribution >= 4 is 71.8 Å². The number of hydrogen-bond donors (Lipinski definition) is 0. The van der Waals surface area contributed by atoms with Crippen LogP contribution in [0.1, 0.15) is 17.8 Å². The quantitative estimate of drug-likeness (QED) is 0.182. The van der Waals surface area contributed by atoms with Gasteiger partial charge in [-0.3, -0.25) is 13.8 Å². The molecular weight excluding hydrogens is 587 g/mol. The zero-order valence-corrected chi connectivity index (χ0v) is 25.9. The third-order valence-electron chi connectivity index (χ3n) is 10.2. The molecule has 0 fully saturated rings. The third kappa shape index (κ3) is 3.53. The number of imidazole rings is 2. The highest BCUT2D eigenvalue weighted by Crippen LogP contribution is 2.38. The van der Waals surface area contributed by atoms with Gasteiger partial charge in [-0.05, 0) is 83.3 Å². The van der Waals surface area contributed by atoms with Gasteiger partial charge in [-0.25, -0.2) is 9.97 Å². The van der Waals surface area contributed by atoms with Crippen molar-refractivity contribution in [3.63, 3.8) is 0 Å². The van der Waals surface area contributed by atoms with Crippen LogP contribution in [0.2, 0.25) is 0 Å². The van der Waals surface area contributed by atoms with Crippen molar-refractivity contribution in [2.45, 2.75) is 12.8 Å². The molecule has 0 aliphatic heterocycles. The minimum atomic E-state index is 0.980. The lowest BCUT2D eigenvalue weighted by Crippen LogP contribution is -1.97. The van der Waals surface area contributed by atoms with E-state index in [9.17, 15) is 0 Å². The summed E-state index contributed by atoms with van der Waals surface area (Å²) in [5.74, 6) is 0. The lowest BCUT2D eigenvalue weighted by atomic mass is 9.97. The maximum atomic E-state index is 5.12. The third-order valence-corrected chi connectivity index (χ3v) is 10.2. The summed E-state index contributed by atoms with van der Waals surface area (Å²) in [6.07, 6.45) is 10.5. The molecule has 5 heterocycles. The van der Waals surface area contributed by atoms with Crippen LogP contribution in [-0.2, 0) is 6.42 Å². The lowest BCUT2D eigenvalue weighted by Gasteiger charge is -2.13. The second kappa shape index (κ2) is 9.60. The summed E-state index contributed by atoms with van der Waals surface area (Å²) >= 11 is 0. The first-order valence-corrected chi connectivity index (χ1v) is 16.5. The fourth-order valence-corrected chi connectivity index (χ4v) is 7.96. The first-order chi connectivity index (χ1) is 23.8. The van der Waals surface area contributed by atoms with Gasteiger partial charge in [0.25, 0.3) is 0 Å². The van der Waals surface area contributed by atoms with Gasteiger partial charge in [0.05, 0.1) is 33.5 Å². The van der Waals surface area contributed by atoms with Gasteiger partial charge in [0.2, 0.25) is 0 Å². The molecule has 0 spiro atoms. The molecule has 0 N–H and O–H groups in total. The van der Waals surface area contributed by atoms with E-state index in [1.165, 1.54) is 43.8 Å². The highest BCUT2D eigenvalue weighted by atomic mass is 15.0. The summed E-state index contributed by atoms with van der Waals surface area (Å²) in [5.41, 5.74) is 13.3.